The first-order valence-corrected chi connectivity index (χ1v) is 12.0. The monoisotopic (exact) mass is 473 g/mol. The molecule has 3 aromatic carbocycles. The maximum atomic E-state index is 13.5. The summed E-state index contributed by atoms with van der Waals surface area (Å²) in [6, 6.07) is 24.4. The van der Waals surface area contributed by atoms with E-state index in [4.69, 9.17) is 9.72 Å². The molecule has 0 unspecified atom stereocenters. The number of nitrogens with zero attached hydrogens (tertiary/aromatic N) is 2. The van der Waals surface area contributed by atoms with Crippen molar-refractivity contribution < 1.29 is 9.53 Å². The predicted molar refractivity (Wildman–Crippen MR) is 135 cm³/mol. The van der Waals surface area contributed by atoms with Crippen LogP contribution in [0.25, 0.3) is 26.0 Å². The Morgan fingerprint density at radius 1 is 1.06 bits per heavy atom. The molecule has 5 rings (SSSR count). The Balaban J connectivity index is 1.52. The number of benzene rings is 3. The van der Waals surface area contributed by atoms with E-state index in [9.17, 15) is 9.59 Å². The lowest BCUT2D eigenvalue weighted by Gasteiger charge is -2.12. The van der Waals surface area contributed by atoms with E-state index in [1.807, 2.05) is 66.7 Å². The van der Waals surface area contributed by atoms with E-state index in [2.05, 4.69) is 5.32 Å². The van der Waals surface area contributed by atoms with Gasteiger partial charge in [-0.3, -0.25) is 14.2 Å². The molecule has 2 aromatic heterocycles. The second-order valence-corrected chi connectivity index (χ2v) is 9.21. The predicted octanol–water partition coefficient (Wildman–Crippen LogP) is 5.34. The highest BCUT2D eigenvalue weighted by Gasteiger charge is 2.18. The highest BCUT2D eigenvalue weighted by molar-refractivity contribution is 7.99. The third-order valence-corrected chi connectivity index (χ3v) is 7.15. The summed E-state index contributed by atoms with van der Waals surface area (Å²) in [5.74, 6) is 0.566. The van der Waals surface area contributed by atoms with Gasteiger partial charge in [0.25, 0.3) is 5.56 Å². The van der Waals surface area contributed by atoms with Crippen LogP contribution in [0.1, 0.15) is 0 Å². The molecule has 0 radical (unpaired) electrons. The molecular formula is C25H19N3O3S2. The van der Waals surface area contributed by atoms with Crippen molar-refractivity contribution in [2.24, 2.45) is 0 Å². The Morgan fingerprint density at radius 2 is 1.85 bits per heavy atom. The smallest absolute Gasteiger partial charge is 0.276 e. The molecule has 8 heteroatoms. The fourth-order valence-corrected chi connectivity index (χ4v) is 5.43. The lowest BCUT2D eigenvalue weighted by atomic mass is 10.2. The number of thioether (sulfide) groups is 1. The van der Waals surface area contributed by atoms with Crippen LogP contribution in [0.15, 0.2) is 88.8 Å². The van der Waals surface area contributed by atoms with Gasteiger partial charge in [0.15, 0.2) is 5.16 Å². The molecule has 33 heavy (non-hydrogen) atoms. The molecular weight excluding hydrogens is 454 g/mol. The van der Waals surface area contributed by atoms with E-state index < -0.39 is 0 Å². The van der Waals surface area contributed by atoms with Crippen LogP contribution in [-0.4, -0.2) is 28.3 Å². The van der Waals surface area contributed by atoms with E-state index >= 15 is 0 Å². The summed E-state index contributed by atoms with van der Waals surface area (Å²) in [5, 5.41) is 4.29. The van der Waals surface area contributed by atoms with E-state index in [0.29, 0.717) is 32.5 Å². The molecule has 0 aliphatic carbocycles. The van der Waals surface area contributed by atoms with Crippen LogP contribution in [0.5, 0.6) is 5.75 Å². The minimum absolute atomic E-state index is 0.101. The zero-order valence-corrected chi connectivity index (χ0v) is 19.3. The van der Waals surface area contributed by atoms with Crippen LogP contribution in [0.4, 0.5) is 5.69 Å². The Hall–Kier alpha value is -3.62. The molecule has 0 fully saturated rings. The summed E-state index contributed by atoms with van der Waals surface area (Å²) >= 11 is 2.67. The van der Waals surface area contributed by atoms with Gasteiger partial charge in [0.2, 0.25) is 5.91 Å². The van der Waals surface area contributed by atoms with Gasteiger partial charge >= 0.3 is 0 Å². The summed E-state index contributed by atoms with van der Waals surface area (Å²) in [6.45, 7) is 0. The number of thiophene rings is 1. The highest BCUT2D eigenvalue weighted by atomic mass is 32.2. The molecule has 0 spiro atoms. The van der Waals surface area contributed by atoms with Crippen molar-refractivity contribution in [3.8, 4) is 11.4 Å². The lowest BCUT2D eigenvalue weighted by molar-refractivity contribution is -0.113. The average Bonchev–Trinajstić information content (AvgIpc) is 3.22. The molecule has 6 nitrogen and oxygen atoms in total. The van der Waals surface area contributed by atoms with Gasteiger partial charge in [0, 0.05) is 21.8 Å². The Kier molecular flexibility index (Phi) is 5.85. The molecule has 0 aliphatic rings. The van der Waals surface area contributed by atoms with E-state index in [-0.39, 0.29) is 17.2 Å². The largest absolute Gasteiger partial charge is 0.497 e. The molecule has 164 valence electrons. The van der Waals surface area contributed by atoms with Crippen molar-refractivity contribution in [3.63, 3.8) is 0 Å². The molecule has 5 aromatic rings. The number of fused-ring (bicyclic) bond motifs is 3. The molecule has 0 bridgehead atoms. The van der Waals surface area contributed by atoms with Gasteiger partial charge < -0.3 is 10.1 Å². The first-order chi connectivity index (χ1) is 16.1. The number of carbonyl (C=O) groups excluding carboxylic acids is 1. The Bertz CT molecular complexity index is 1530. The average molecular weight is 474 g/mol. The minimum atomic E-state index is -0.197. The van der Waals surface area contributed by atoms with Crippen LogP contribution in [0, 0.1) is 0 Å². The first kappa shape index (κ1) is 21.2. The molecule has 0 aliphatic heterocycles. The van der Waals surface area contributed by atoms with Crippen LogP contribution >= 0.6 is 23.1 Å². The molecule has 0 atom stereocenters. The number of nitrogens with one attached hydrogen (secondary N) is 1. The normalized spacial score (nSPS) is 11.1. The van der Waals surface area contributed by atoms with Gasteiger partial charge in [-0.25, -0.2) is 4.98 Å². The van der Waals surface area contributed by atoms with E-state index in [1.54, 1.807) is 23.8 Å². The maximum absolute atomic E-state index is 13.5. The van der Waals surface area contributed by atoms with E-state index in [0.717, 1.165) is 10.1 Å². The number of ether oxygens (including phenoxy) is 1. The number of aromatic nitrogens is 2. The fourth-order valence-electron chi connectivity index (χ4n) is 3.55. The second-order valence-electron chi connectivity index (χ2n) is 7.22. The molecule has 1 amide bonds. The number of rotatable bonds is 6. The van der Waals surface area contributed by atoms with Gasteiger partial charge in [0.05, 0.1) is 24.1 Å². The standard InChI is InChI=1S/C25H19N3O3S2/c1-31-18-11-7-8-16(14-18)26-21(29)15-32-25-27-22-19-12-5-6-13-20(19)33-23(22)24(30)28(25)17-9-3-2-4-10-17/h2-14H,15H2,1H3,(H,26,29). The van der Waals surface area contributed by atoms with Gasteiger partial charge in [-0.2, -0.15) is 0 Å². The zero-order chi connectivity index (χ0) is 22.8. The van der Waals surface area contributed by atoms with Crippen LogP contribution in [0.2, 0.25) is 0 Å². The number of hydrogen-bond acceptors (Lipinski definition) is 6. The number of carbonyl (C=O) groups is 1. The fraction of sp³-hybridized carbons (Fsp3) is 0.0800. The number of para-hydroxylation sites is 1. The zero-order valence-electron chi connectivity index (χ0n) is 17.6. The maximum Gasteiger partial charge on any atom is 0.276 e. The molecule has 2 heterocycles. The third kappa shape index (κ3) is 4.22. The first-order valence-electron chi connectivity index (χ1n) is 10.2. The van der Waals surface area contributed by atoms with Crippen LogP contribution < -0.4 is 15.6 Å². The van der Waals surface area contributed by atoms with Crippen LogP contribution in [0.3, 0.4) is 0 Å². The molecule has 0 saturated carbocycles. The molecule has 0 saturated heterocycles. The number of hydrogen-bond donors (Lipinski definition) is 1. The highest BCUT2D eigenvalue weighted by Crippen LogP contribution is 2.32. The van der Waals surface area contributed by atoms with Crippen molar-refractivity contribution in [1.29, 1.82) is 0 Å². The quantitative estimate of drug-likeness (QED) is 0.266. The summed E-state index contributed by atoms with van der Waals surface area (Å²) in [5.41, 5.74) is 1.89. The van der Waals surface area contributed by atoms with Crippen molar-refractivity contribution in [2.45, 2.75) is 5.16 Å². The summed E-state index contributed by atoms with van der Waals surface area (Å²) < 4.78 is 8.40. The number of methoxy groups -OCH3 is 1. The topological polar surface area (TPSA) is 73.2 Å². The summed E-state index contributed by atoms with van der Waals surface area (Å²) in [7, 11) is 1.58. The molecule has 1 N–H and O–H groups in total. The van der Waals surface area contributed by atoms with Crippen molar-refractivity contribution in [2.75, 3.05) is 18.2 Å². The number of anilines is 1. The van der Waals surface area contributed by atoms with Gasteiger partial charge in [-0.1, -0.05) is 54.2 Å². The number of amides is 1. The third-order valence-electron chi connectivity index (χ3n) is 5.07. The Morgan fingerprint density at radius 3 is 2.67 bits per heavy atom. The Labute approximate surface area is 197 Å². The van der Waals surface area contributed by atoms with Gasteiger partial charge in [-0.05, 0) is 30.3 Å². The van der Waals surface area contributed by atoms with Crippen molar-refractivity contribution in [1.82, 2.24) is 9.55 Å². The van der Waals surface area contributed by atoms with E-state index in [1.165, 1.54) is 23.1 Å². The summed E-state index contributed by atoms with van der Waals surface area (Å²) in [4.78, 5) is 31.0. The second kappa shape index (κ2) is 9.09. The SMILES string of the molecule is COc1cccc(NC(=O)CSc2nc3c(sc4ccccc43)c(=O)n2-c2ccccc2)c1. The lowest BCUT2D eigenvalue weighted by Crippen LogP contribution is -2.22. The van der Waals surface area contributed by atoms with Gasteiger partial charge in [-0.15, -0.1) is 11.3 Å². The van der Waals surface area contributed by atoms with Crippen LogP contribution in [-0.2, 0) is 4.79 Å². The minimum Gasteiger partial charge on any atom is -0.497 e. The van der Waals surface area contributed by atoms with Crippen molar-refractivity contribution in [3.05, 3.63) is 89.2 Å². The van der Waals surface area contributed by atoms with Gasteiger partial charge in [0.1, 0.15) is 10.4 Å². The summed E-state index contributed by atoms with van der Waals surface area (Å²) in [6.07, 6.45) is 0. The van der Waals surface area contributed by atoms with Crippen molar-refractivity contribution >= 4 is 55.0 Å².